The van der Waals surface area contributed by atoms with Crippen LogP contribution >= 0.6 is 11.3 Å². The van der Waals surface area contributed by atoms with Gasteiger partial charge in [-0.05, 0) is 17.5 Å². The zero-order valence-corrected chi connectivity index (χ0v) is 12.9. The maximum atomic E-state index is 4.24. The molecule has 0 saturated heterocycles. The fourth-order valence-corrected chi connectivity index (χ4v) is 2.69. The molecule has 0 radical (unpaired) electrons. The highest BCUT2D eigenvalue weighted by Gasteiger charge is 2.21. The molecule has 5 nitrogen and oxygen atoms in total. The molecular formula is C14H21N5S. The van der Waals surface area contributed by atoms with Gasteiger partial charge in [0.15, 0.2) is 5.96 Å². The van der Waals surface area contributed by atoms with Crippen LogP contribution in [0.15, 0.2) is 34.8 Å². The zero-order chi connectivity index (χ0) is 14.4. The highest BCUT2D eigenvalue weighted by atomic mass is 32.1. The van der Waals surface area contributed by atoms with Crippen molar-refractivity contribution >= 4 is 17.3 Å². The first-order valence-electron chi connectivity index (χ1n) is 6.58. The van der Waals surface area contributed by atoms with Crippen molar-refractivity contribution in [1.82, 2.24) is 20.8 Å². The Morgan fingerprint density at radius 2 is 2.25 bits per heavy atom. The van der Waals surface area contributed by atoms with Gasteiger partial charge >= 0.3 is 0 Å². The van der Waals surface area contributed by atoms with Crippen molar-refractivity contribution < 1.29 is 0 Å². The van der Waals surface area contributed by atoms with Gasteiger partial charge in [0.05, 0.1) is 12.2 Å². The molecule has 6 heteroatoms. The van der Waals surface area contributed by atoms with E-state index in [0.717, 1.165) is 18.2 Å². The van der Waals surface area contributed by atoms with E-state index in [-0.39, 0.29) is 5.41 Å². The number of nitrogens with zero attached hydrogens (tertiary/aromatic N) is 2. The van der Waals surface area contributed by atoms with E-state index in [1.165, 1.54) is 4.88 Å². The third-order valence-electron chi connectivity index (χ3n) is 3.11. The Labute approximate surface area is 123 Å². The number of guanidine groups is 1. The van der Waals surface area contributed by atoms with Crippen LogP contribution in [0, 0.1) is 0 Å². The summed E-state index contributed by atoms with van der Waals surface area (Å²) in [5.41, 5.74) is 1.12. The molecule has 0 aliphatic heterocycles. The predicted molar refractivity (Wildman–Crippen MR) is 84.1 cm³/mol. The minimum Gasteiger partial charge on any atom is -0.356 e. The Bertz CT molecular complexity index is 528. The van der Waals surface area contributed by atoms with Crippen LogP contribution in [0.2, 0.25) is 0 Å². The lowest BCUT2D eigenvalue weighted by molar-refractivity contribution is 0.518. The van der Waals surface area contributed by atoms with Crippen molar-refractivity contribution in [1.29, 1.82) is 0 Å². The Morgan fingerprint density at radius 1 is 1.40 bits per heavy atom. The predicted octanol–water partition coefficient (Wildman–Crippen LogP) is 2.11. The summed E-state index contributed by atoms with van der Waals surface area (Å²) in [5, 5.41) is 15.6. The number of thiophene rings is 1. The molecule has 0 unspecified atom stereocenters. The van der Waals surface area contributed by atoms with Gasteiger partial charge < -0.3 is 10.6 Å². The van der Waals surface area contributed by atoms with Gasteiger partial charge in [0.1, 0.15) is 0 Å². The van der Waals surface area contributed by atoms with Gasteiger partial charge in [0, 0.05) is 30.1 Å². The number of hydrogen-bond donors (Lipinski definition) is 3. The summed E-state index contributed by atoms with van der Waals surface area (Å²) in [6, 6.07) is 6.20. The van der Waals surface area contributed by atoms with Crippen LogP contribution < -0.4 is 10.6 Å². The van der Waals surface area contributed by atoms with E-state index < -0.39 is 0 Å². The molecule has 108 valence electrons. The molecule has 0 spiro atoms. The number of aromatic nitrogens is 2. The highest BCUT2D eigenvalue weighted by molar-refractivity contribution is 7.10. The number of aromatic amines is 1. The molecule has 2 aromatic rings. The molecule has 0 aromatic carbocycles. The standard InChI is InChI=1S/C14H21N5S/c1-14(2,12-5-4-8-20-12)10-17-13(15-3)16-9-11-6-7-18-19-11/h4-8H,9-10H2,1-3H3,(H,18,19)(H2,15,16,17). The normalized spacial score (nSPS) is 12.4. The van der Waals surface area contributed by atoms with Gasteiger partial charge in [0.2, 0.25) is 0 Å². The van der Waals surface area contributed by atoms with Crippen molar-refractivity contribution in [2.45, 2.75) is 25.8 Å². The molecule has 2 aromatic heterocycles. The van der Waals surface area contributed by atoms with E-state index in [1.807, 2.05) is 6.07 Å². The van der Waals surface area contributed by atoms with Crippen LogP contribution in [0.1, 0.15) is 24.4 Å². The third kappa shape index (κ3) is 3.84. The molecule has 0 aliphatic rings. The van der Waals surface area contributed by atoms with Crippen LogP contribution in [0.3, 0.4) is 0 Å². The first kappa shape index (κ1) is 14.6. The van der Waals surface area contributed by atoms with E-state index in [4.69, 9.17) is 0 Å². The minimum absolute atomic E-state index is 0.0831. The van der Waals surface area contributed by atoms with Crippen LogP contribution in [0.5, 0.6) is 0 Å². The van der Waals surface area contributed by atoms with Crippen molar-refractivity contribution in [3.8, 4) is 0 Å². The molecule has 0 fully saturated rings. The second-order valence-corrected chi connectivity index (χ2v) is 6.17. The molecule has 2 heterocycles. The maximum absolute atomic E-state index is 4.24. The van der Waals surface area contributed by atoms with Gasteiger partial charge in [-0.3, -0.25) is 10.1 Å². The first-order chi connectivity index (χ1) is 9.62. The minimum atomic E-state index is 0.0831. The SMILES string of the molecule is CN=C(NCc1ccn[nH]1)NCC(C)(C)c1cccs1. The van der Waals surface area contributed by atoms with Crippen LogP contribution in [0.25, 0.3) is 0 Å². The van der Waals surface area contributed by atoms with E-state index in [2.05, 4.69) is 57.2 Å². The molecule has 0 bridgehead atoms. The van der Waals surface area contributed by atoms with Gasteiger partial charge in [-0.15, -0.1) is 11.3 Å². The smallest absolute Gasteiger partial charge is 0.191 e. The quantitative estimate of drug-likeness (QED) is 0.584. The lowest BCUT2D eigenvalue weighted by atomic mass is 9.91. The summed E-state index contributed by atoms with van der Waals surface area (Å²) < 4.78 is 0. The summed E-state index contributed by atoms with van der Waals surface area (Å²) >= 11 is 1.79. The molecule has 20 heavy (non-hydrogen) atoms. The summed E-state index contributed by atoms with van der Waals surface area (Å²) in [4.78, 5) is 5.60. The summed E-state index contributed by atoms with van der Waals surface area (Å²) in [7, 11) is 1.78. The number of nitrogens with one attached hydrogen (secondary N) is 3. The van der Waals surface area contributed by atoms with Gasteiger partial charge in [-0.2, -0.15) is 5.10 Å². The molecule has 0 aliphatic carbocycles. The van der Waals surface area contributed by atoms with E-state index in [9.17, 15) is 0 Å². The van der Waals surface area contributed by atoms with Crippen molar-refractivity contribution in [3.63, 3.8) is 0 Å². The Balaban J connectivity index is 1.85. The van der Waals surface area contributed by atoms with Crippen LogP contribution in [-0.4, -0.2) is 29.7 Å². The summed E-state index contributed by atoms with van der Waals surface area (Å²) in [5.74, 6) is 0.796. The molecule has 2 rings (SSSR count). The Hall–Kier alpha value is -1.82. The lowest BCUT2D eigenvalue weighted by Crippen LogP contribution is -2.43. The van der Waals surface area contributed by atoms with E-state index in [0.29, 0.717) is 6.54 Å². The monoisotopic (exact) mass is 291 g/mol. The number of aliphatic imine (C=N–C) groups is 1. The zero-order valence-electron chi connectivity index (χ0n) is 12.1. The summed E-state index contributed by atoms with van der Waals surface area (Å²) in [6.45, 7) is 5.97. The molecular weight excluding hydrogens is 270 g/mol. The molecule has 0 atom stereocenters. The molecule has 0 amide bonds. The summed E-state index contributed by atoms with van der Waals surface area (Å²) in [6.07, 6.45) is 1.74. The van der Waals surface area contributed by atoms with Crippen molar-refractivity contribution in [2.75, 3.05) is 13.6 Å². The Morgan fingerprint density at radius 3 is 2.85 bits per heavy atom. The van der Waals surface area contributed by atoms with Crippen LogP contribution in [-0.2, 0) is 12.0 Å². The molecule has 0 saturated carbocycles. The fraction of sp³-hybridized carbons (Fsp3) is 0.429. The first-order valence-corrected chi connectivity index (χ1v) is 7.46. The van der Waals surface area contributed by atoms with E-state index in [1.54, 1.807) is 24.6 Å². The number of rotatable bonds is 5. The average Bonchev–Trinajstić information content (AvgIpc) is 3.12. The van der Waals surface area contributed by atoms with Crippen LogP contribution in [0.4, 0.5) is 0 Å². The number of H-pyrrole nitrogens is 1. The van der Waals surface area contributed by atoms with Crippen molar-refractivity contribution in [3.05, 3.63) is 40.3 Å². The maximum Gasteiger partial charge on any atom is 0.191 e. The molecule has 3 N–H and O–H groups in total. The largest absolute Gasteiger partial charge is 0.356 e. The van der Waals surface area contributed by atoms with E-state index >= 15 is 0 Å². The fourth-order valence-electron chi connectivity index (χ4n) is 1.84. The topological polar surface area (TPSA) is 65.1 Å². The van der Waals surface area contributed by atoms with Gasteiger partial charge in [-0.25, -0.2) is 0 Å². The Kier molecular flexibility index (Phi) is 4.79. The van der Waals surface area contributed by atoms with Crippen molar-refractivity contribution in [2.24, 2.45) is 4.99 Å². The lowest BCUT2D eigenvalue weighted by Gasteiger charge is -2.25. The van der Waals surface area contributed by atoms with Gasteiger partial charge in [0.25, 0.3) is 0 Å². The second kappa shape index (κ2) is 6.56. The average molecular weight is 291 g/mol. The van der Waals surface area contributed by atoms with Gasteiger partial charge in [-0.1, -0.05) is 19.9 Å². The third-order valence-corrected chi connectivity index (χ3v) is 4.35. The highest BCUT2D eigenvalue weighted by Crippen LogP contribution is 2.26. The second-order valence-electron chi connectivity index (χ2n) is 5.22. The number of hydrogen-bond acceptors (Lipinski definition) is 3.